The zero-order valence-corrected chi connectivity index (χ0v) is 8.55. The van der Waals surface area contributed by atoms with Gasteiger partial charge < -0.3 is 0 Å². The number of alkyl halides is 1. The first kappa shape index (κ1) is 10.8. The molecule has 0 aliphatic rings. The van der Waals surface area contributed by atoms with Crippen molar-refractivity contribution in [1.29, 1.82) is 0 Å². The zero-order valence-electron chi connectivity index (χ0n) is 6.28. The Kier molecular flexibility index (Phi) is 3.54. The quantitative estimate of drug-likeness (QED) is 0.440. The van der Waals surface area contributed by atoms with Gasteiger partial charge in [-0.05, 0) is 12.1 Å². The number of benzene rings is 1. The van der Waals surface area contributed by atoms with Crippen LogP contribution in [-0.2, 0) is 0 Å². The van der Waals surface area contributed by atoms with E-state index in [-0.39, 0.29) is 21.5 Å². The summed E-state index contributed by atoms with van der Waals surface area (Å²) >= 11 is 16.3. The van der Waals surface area contributed by atoms with Gasteiger partial charge in [-0.15, -0.1) is 11.6 Å². The monoisotopic (exact) mass is 240 g/mol. The van der Waals surface area contributed by atoms with Gasteiger partial charge in [-0.2, -0.15) is 0 Å². The second-order valence-corrected chi connectivity index (χ2v) is 3.33. The molecule has 1 aromatic carbocycles. The molecule has 0 atom stereocenters. The molecule has 1 nitrogen and oxygen atoms in total. The van der Waals surface area contributed by atoms with Gasteiger partial charge in [0.25, 0.3) is 0 Å². The van der Waals surface area contributed by atoms with Crippen molar-refractivity contribution in [2.75, 3.05) is 5.88 Å². The van der Waals surface area contributed by atoms with Gasteiger partial charge in [-0.1, -0.05) is 23.2 Å². The van der Waals surface area contributed by atoms with Crippen molar-refractivity contribution in [3.8, 4) is 0 Å². The first-order valence-electron chi connectivity index (χ1n) is 3.30. The summed E-state index contributed by atoms with van der Waals surface area (Å²) in [6.45, 7) is 0. The van der Waals surface area contributed by atoms with E-state index in [4.69, 9.17) is 34.8 Å². The van der Waals surface area contributed by atoms with E-state index in [0.717, 1.165) is 0 Å². The SMILES string of the molecule is O=C(CCl)c1ccc(Cl)c(Cl)c1F. The third kappa shape index (κ3) is 2.13. The summed E-state index contributed by atoms with van der Waals surface area (Å²) in [6, 6.07) is 2.61. The molecule has 1 aromatic rings. The fourth-order valence-corrected chi connectivity index (χ4v) is 1.27. The molecule has 0 aliphatic carbocycles. The highest BCUT2D eigenvalue weighted by Crippen LogP contribution is 2.27. The number of halogens is 4. The number of ketones is 1. The molecule has 0 radical (unpaired) electrons. The highest BCUT2D eigenvalue weighted by molar-refractivity contribution is 6.42. The van der Waals surface area contributed by atoms with Crippen LogP contribution >= 0.6 is 34.8 Å². The van der Waals surface area contributed by atoms with E-state index in [1.165, 1.54) is 12.1 Å². The summed E-state index contributed by atoms with van der Waals surface area (Å²) in [5, 5.41) is -0.178. The van der Waals surface area contributed by atoms with E-state index in [1.54, 1.807) is 0 Å². The van der Waals surface area contributed by atoms with E-state index in [1.807, 2.05) is 0 Å². The molecule has 0 spiro atoms. The molecule has 0 bridgehead atoms. The number of hydrogen-bond acceptors (Lipinski definition) is 1. The highest BCUT2D eigenvalue weighted by atomic mass is 35.5. The Balaban J connectivity index is 3.26. The largest absolute Gasteiger partial charge is 0.293 e. The number of Topliss-reactive ketones (excluding diaryl/α,β-unsaturated/α-hetero) is 1. The molecule has 1 rings (SSSR count). The number of hydrogen-bond donors (Lipinski definition) is 0. The van der Waals surface area contributed by atoms with Gasteiger partial charge in [0.05, 0.1) is 21.5 Å². The minimum absolute atomic E-state index is 0.0743. The molecule has 0 unspecified atom stereocenters. The summed E-state index contributed by atoms with van der Waals surface area (Å²) in [6.07, 6.45) is 0. The minimum atomic E-state index is -0.820. The Bertz CT molecular complexity index is 351. The van der Waals surface area contributed by atoms with Crippen LogP contribution in [0.5, 0.6) is 0 Å². The molecule has 5 heteroatoms. The van der Waals surface area contributed by atoms with Gasteiger partial charge in [0.15, 0.2) is 11.6 Å². The normalized spacial score (nSPS) is 10.2. The van der Waals surface area contributed by atoms with Crippen molar-refractivity contribution in [2.45, 2.75) is 0 Å². The standard InChI is InChI=1S/C8H4Cl3FO/c9-3-6(13)4-1-2-5(10)7(11)8(4)12/h1-2H,3H2. The molecule has 0 amide bonds. The fourth-order valence-electron chi connectivity index (χ4n) is 0.813. The van der Waals surface area contributed by atoms with Crippen molar-refractivity contribution in [3.05, 3.63) is 33.6 Å². The predicted octanol–water partition coefficient (Wildman–Crippen LogP) is 3.55. The van der Waals surface area contributed by atoms with Crippen LogP contribution in [0.4, 0.5) is 4.39 Å². The lowest BCUT2D eigenvalue weighted by Gasteiger charge is -2.02. The van der Waals surface area contributed by atoms with Crippen molar-refractivity contribution in [3.63, 3.8) is 0 Å². The Morgan fingerprint density at radius 3 is 2.54 bits per heavy atom. The average Bonchev–Trinajstić information content (AvgIpc) is 2.13. The second-order valence-electron chi connectivity index (χ2n) is 2.28. The van der Waals surface area contributed by atoms with Crippen LogP contribution in [0.3, 0.4) is 0 Å². The molecule has 0 fully saturated rings. The van der Waals surface area contributed by atoms with Crippen molar-refractivity contribution < 1.29 is 9.18 Å². The molecule has 0 saturated heterocycles. The molecular weight excluding hydrogens is 237 g/mol. The van der Waals surface area contributed by atoms with Gasteiger partial charge in [-0.3, -0.25) is 4.79 Å². The summed E-state index contributed by atoms with van der Waals surface area (Å²) in [7, 11) is 0. The molecule has 70 valence electrons. The van der Waals surface area contributed by atoms with Crippen LogP contribution in [0.1, 0.15) is 10.4 Å². The lowest BCUT2D eigenvalue weighted by atomic mass is 10.1. The van der Waals surface area contributed by atoms with Gasteiger partial charge >= 0.3 is 0 Å². The van der Waals surface area contributed by atoms with E-state index < -0.39 is 11.6 Å². The second kappa shape index (κ2) is 4.27. The van der Waals surface area contributed by atoms with Crippen LogP contribution in [-0.4, -0.2) is 11.7 Å². The van der Waals surface area contributed by atoms with Crippen LogP contribution in [0.25, 0.3) is 0 Å². The number of rotatable bonds is 2. The first-order valence-corrected chi connectivity index (χ1v) is 4.59. The number of carbonyl (C=O) groups is 1. The highest BCUT2D eigenvalue weighted by Gasteiger charge is 2.15. The maximum Gasteiger partial charge on any atom is 0.180 e. The summed E-state index contributed by atoms with van der Waals surface area (Å²) in [5.74, 6) is -1.62. The Morgan fingerprint density at radius 1 is 1.38 bits per heavy atom. The maximum absolute atomic E-state index is 13.2. The molecule has 13 heavy (non-hydrogen) atoms. The van der Waals surface area contributed by atoms with Gasteiger partial charge in [0, 0.05) is 0 Å². The fraction of sp³-hybridized carbons (Fsp3) is 0.125. The van der Waals surface area contributed by atoms with Crippen LogP contribution in [0.2, 0.25) is 10.0 Å². The molecule has 0 saturated carbocycles. The van der Waals surface area contributed by atoms with Gasteiger partial charge in [-0.25, -0.2) is 4.39 Å². The van der Waals surface area contributed by atoms with E-state index in [2.05, 4.69) is 0 Å². The molecule has 0 heterocycles. The minimum Gasteiger partial charge on any atom is -0.293 e. The van der Waals surface area contributed by atoms with Crippen molar-refractivity contribution in [2.24, 2.45) is 0 Å². The Hall–Kier alpha value is -0.310. The number of carbonyl (C=O) groups excluding carboxylic acids is 1. The van der Waals surface area contributed by atoms with E-state index >= 15 is 0 Å². The third-order valence-electron chi connectivity index (χ3n) is 1.46. The predicted molar refractivity (Wildman–Crippen MR) is 51.5 cm³/mol. The Labute approximate surface area is 89.4 Å². The molecule has 0 aliphatic heterocycles. The topological polar surface area (TPSA) is 17.1 Å². The molecular formula is C8H4Cl3FO. The van der Waals surface area contributed by atoms with Gasteiger partial charge in [0.1, 0.15) is 0 Å². The average molecular weight is 241 g/mol. The lowest BCUT2D eigenvalue weighted by Crippen LogP contribution is -2.03. The third-order valence-corrected chi connectivity index (χ3v) is 2.48. The summed E-state index contributed by atoms with van der Waals surface area (Å²) in [4.78, 5) is 11.0. The van der Waals surface area contributed by atoms with E-state index in [0.29, 0.717) is 0 Å². The zero-order chi connectivity index (χ0) is 10.0. The van der Waals surface area contributed by atoms with Crippen LogP contribution in [0.15, 0.2) is 12.1 Å². The lowest BCUT2D eigenvalue weighted by molar-refractivity contribution is 0.101. The Morgan fingerprint density at radius 2 is 2.00 bits per heavy atom. The van der Waals surface area contributed by atoms with Crippen LogP contribution < -0.4 is 0 Å². The van der Waals surface area contributed by atoms with E-state index in [9.17, 15) is 9.18 Å². The summed E-state index contributed by atoms with van der Waals surface area (Å²) in [5.41, 5.74) is -0.135. The smallest absolute Gasteiger partial charge is 0.180 e. The van der Waals surface area contributed by atoms with Crippen molar-refractivity contribution >= 4 is 40.6 Å². The van der Waals surface area contributed by atoms with Crippen LogP contribution in [0, 0.1) is 5.82 Å². The maximum atomic E-state index is 13.2. The molecule has 0 N–H and O–H groups in total. The van der Waals surface area contributed by atoms with Crippen molar-refractivity contribution in [1.82, 2.24) is 0 Å². The summed E-state index contributed by atoms with van der Waals surface area (Å²) < 4.78 is 13.2. The molecule has 0 aromatic heterocycles. The first-order chi connectivity index (χ1) is 6.07. The van der Waals surface area contributed by atoms with Gasteiger partial charge in [0.2, 0.25) is 0 Å².